The summed E-state index contributed by atoms with van der Waals surface area (Å²) >= 11 is 0. The second-order valence-corrected chi connectivity index (χ2v) is 8.66. The highest BCUT2D eigenvalue weighted by atomic mass is 16.3. The Bertz CT molecular complexity index is 2020. The molecule has 154 valence electrons. The molecule has 0 radical (unpaired) electrons. The topological polar surface area (TPSA) is 33.9 Å². The van der Waals surface area contributed by atoms with Gasteiger partial charge in [-0.1, -0.05) is 54.6 Å². The second-order valence-electron chi connectivity index (χ2n) is 8.66. The van der Waals surface area contributed by atoms with Crippen LogP contribution in [0.4, 0.5) is 0 Å². The Kier molecular flexibility index (Phi) is 3.14. The highest BCUT2D eigenvalue weighted by Gasteiger charge is 2.20. The van der Waals surface area contributed by atoms with Crippen LogP contribution in [0.2, 0.25) is 0 Å². The number of furan rings is 1. The van der Waals surface area contributed by atoms with Crippen LogP contribution >= 0.6 is 0 Å². The molecule has 0 saturated carbocycles. The van der Waals surface area contributed by atoms with Gasteiger partial charge in [-0.2, -0.15) is 0 Å². The quantitative estimate of drug-likeness (QED) is 0.283. The fourth-order valence-corrected chi connectivity index (χ4v) is 5.53. The van der Waals surface area contributed by atoms with E-state index in [9.17, 15) is 0 Å². The summed E-state index contributed by atoms with van der Waals surface area (Å²) in [4.78, 5) is 3.54. The lowest BCUT2D eigenvalue weighted by Crippen LogP contribution is -1.92. The Hall–Kier alpha value is -4.50. The van der Waals surface area contributed by atoms with Crippen LogP contribution in [-0.2, 0) is 0 Å². The van der Waals surface area contributed by atoms with Gasteiger partial charge in [-0.15, -0.1) is 0 Å². The van der Waals surface area contributed by atoms with Crippen molar-refractivity contribution in [2.45, 2.75) is 0 Å². The Morgan fingerprint density at radius 1 is 0.485 bits per heavy atom. The molecule has 0 amide bonds. The van der Waals surface area contributed by atoms with Gasteiger partial charge in [0.2, 0.25) is 0 Å². The van der Waals surface area contributed by atoms with Gasteiger partial charge in [0.15, 0.2) is 0 Å². The Balaban J connectivity index is 1.60. The van der Waals surface area contributed by atoms with Gasteiger partial charge in [-0.3, -0.25) is 0 Å². The molecule has 0 fully saturated rings. The minimum atomic E-state index is 0.948. The zero-order valence-corrected chi connectivity index (χ0v) is 17.7. The number of para-hydroxylation sites is 3. The predicted molar refractivity (Wildman–Crippen MR) is 137 cm³/mol. The third-order valence-electron chi connectivity index (χ3n) is 6.92. The molecule has 0 aliphatic carbocycles. The van der Waals surface area contributed by atoms with Gasteiger partial charge in [-0.05, 0) is 48.5 Å². The van der Waals surface area contributed by atoms with Gasteiger partial charge in [0.05, 0.1) is 27.3 Å². The van der Waals surface area contributed by atoms with Crippen LogP contribution in [0.5, 0.6) is 0 Å². The molecule has 3 aromatic heterocycles. The summed E-state index contributed by atoms with van der Waals surface area (Å²) in [5, 5.41) is 7.02. The molecule has 3 heteroatoms. The number of hydrogen-bond acceptors (Lipinski definition) is 1. The second kappa shape index (κ2) is 6.05. The van der Waals surface area contributed by atoms with Crippen LogP contribution in [0.1, 0.15) is 0 Å². The van der Waals surface area contributed by atoms with E-state index in [1.165, 1.54) is 16.3 Å². The molecule has 3 nitrogen and oxygen atoms in total. The summed E-state index contributed by atoms with van der Waals surface area (Å²) in [6.45, 7) is 0. The van der Waals surface area contributed by atoms with Crippen molar-refractivity contribution in [2.24, 2.45) is 0 Å². The molecule has 0 unspecified atom stereocenters. The lowest BCUT2D eigenvalue weighted by atomic mass is 10.1. The lowest BCUT2D eigenvalue weighted by molar-refractivity contribution is 0.677. The van der Waals surface area contributed by atoms with Crippen LogP contribution in [0.25, 0.3) is 71.2 Å². The Morgan fingerprint density at radius 3 is 2.06 bits per heavy atom. The van der Waals surface area contributed by atoms with Gasteiger partial charge >= 0.3 is 0 Å². The Morgan fingerprint density at radius 2 is 1.18 bits per heavy atom. The van der Waals surface area contributed by atoms with E-state index in [2.05, 4.69) is 113 Å². The summed E-state index contributed by atoms with van der Waals surface area (Å²) in [5.74, 6) is 0. The third kappa shape index (κ3) is 2.14. The number of rotatable bonds is 1. The van der Waals surface area contributed by atoms with Crippen LogP contribution in [0.3, 0.4) is 0 Å². The van der Waals surface area contributed by atoms with Crippen molar-refractivity contribution in [3.63, 3.8) is 0 Å². The standard InChI is InChI=1S/C30H18N2O/c1-2-8-18(9-3-1)32-25-13-7-5-11-22(25)28-26(32)17-15-20-19-14-16-24-27(29(19)33-30(20)28)21-10-4-6-12-23(21)31-24/h1-17,31H. The number of H-pyrrole nitrogens is 1. The first-order chi connectivity index (χ1) is 16.4. The normalized spacial score (nSPS) is 12.2. The minimum absolute atomic E-state index is 0.948. The number of nitrogens with zero attached hydrogens (tertiary/aromatic N) is 1. The zero-order chi connectivity index (χ0) is 21.5. The molecular weight excluding hydrogens is 404 g/mol. The largest absolute Gasteiger partial charge is 0.455 e. The zero-order valence-electron chi connectivity index (χ0n) is 17.7. The van der Waals surface area contributed by atoms with Crippen molar-refractivity contribution in [1.82, 2.24) is 9.55 Å². The van der Waals surface area contributed by atoms with Crippen LogP contribution in [-0.4, -0.2) is 9.55 Å². The molecule has 8 aromatic rings. The summed E-state index contributed by atoms with van der Waals surface area (Å²) < 4.78 is 9.10. The van der Waals surface area contributed by atoms with Crippen molar-refractivity contribution >= 4 is 65.6 Å². The highest BCUT2D eigenvalue weighted by molar-refractivity contribution is 6.28. The van der Waals surface area contributed by atoms with E-state index < -0.39 is 0 Å². The summed E-state index contributed by atoms with van der Waals surface area (Å²) in [6.07, 6.45) is 0. The minimum Gasteiger partial charge on any atom is -0.455 e. The van der Waals surface area contributed by atoms with Crippen LogP contribution < -0.4 is 0 Å². The SMILES string of the molecule is c1ccc(-n2c3ccccc3c3c4oc5c(ccc6[nH]c7ccccc7c65)c4ccc32)cc1. The van der Waals surface area contributed by atoms with E-state index in [1.54, 1.807) is 0 Å². The lowest BCUT2D eigenvalue weighted by Gasteiger charge is -2.07. The first-order valence-corrected chi connectivity index (χ1v) is 11.2. The molecule has 5 aromatic carbocycles. The van der Waals surface area contributed by atoms with Gasteiger partial charge in [0, 0.05) is 32.7 Å². The van der Waals surface area contributed by atoms with Crippen LogP contribution in [0, 0.1) is 0 Å². The maximum Gasteiger partial charge on any atom is 0.145 e. The summed E-state index contributed by atoms with van der Waals surface area (Å²) in [6, 6.07) is 36.4. The fourth-order valence-electron chi connectivity index (χ4n) is 5.53. The number of aromatic amines is 1. The van der Waals surface area contributed by atoms with E-state index in [4.69, 9.17) is 4.42 Å². The fraction of sp³-hybridized carbons (Fsp3) is 0. The van der Waals surface area contributed by atoms with Crippen molar-refractivity contribution < 1.29 is 4.42 Å². The number of aromatic nitrogens is 2. The Labute approximate surface area is 188 Å². The first kappa shape index (κ1) is 17.1. The van der Waals surface area contributed by atoms with E-state index in [-0.39, 0.29) is 0 Å². The number of benzene rings is 5. The van der Waals surface area contributed by atoms with Gasteiger partial charge < -0.3 is 14.0 Å². The number of fused-ring (bicyclic) bond motifs is 11. The smallest absolute Gasteiger partial charge is 0.145 e. The maximum absolute atomic E-state index is 6.77. The molecule has 0 aliphatic heterocycles. The molecule has 0 bridgehead atoms. The molecule has 0 atom stereocenters. The average molecular weight is 422 g/mol. The van der Waals surface area contributed by atoms with Crippen molar-refractivity contribution in [3.8, 4) is 5.69 Å². The summed E-state index contributed by atoms with van der Waals surface area (Å²) in [5.41, 5.74) is 7.62. The molecule has 0 spiro atoms. The third-order valence-corrected chi connectivity index (χ3v) is 6.92. The summed E-state index contributed by atoms with van der Waals surface area (Å²) in [7, 11) is 0. The van der Waals surface area contributed by atoms with Crippen molar-refractivity contribution in [3.05, 3.63) is 103 Å². The molecule has 33 heavy (non-hydrogen) atoms. The average Bonchev–Trinajstić information content (AvgIpc) is 3.53. The monoisotopic (exact) mass is 422 g/mol. The van der Waals surface area contributed by atoms with Gasteiger partial charge in [-0.25, -0.2) is 0 Å². The van der Waals surface area contributed by atoms with Crippen LogP contribution in [0.15, 0.2) is 108 Å². The first-order valence-electron chi connectivity index (χ1n) is 11.2. The molecule has 8 rings (SSSR count). The highest BCUT2D eigenvalue weighted by Crippen LogP contribution is 2.43. The van der Waals surface area contributed by atoms with E-state index in [0.29, 0.717) is 0 Å². The number of hydrogen-bond donors (Lipinski definition) is 1. The molecule has 3 heterocycles. The van der Waals surface area contributed by atoms with Crippen molar-refractivity contribution in [1.29, 1.82) is 0 Å². The molecule has 0 aliphatic rings. The van der Waals surface area contributed by atoms with Gasteiger partial charge in [0.1, 0.15) is 11.2 Å². The molecule has 0 saturated heterocycles. The number of nitrogens with one attached hydrogen (secondary N) is 1. The van der Waals surface area contributed by atoms with E-state index in [0.717, 1.165) is 54.9 Å². The maximum atomic E-state index is 6.77. The van der Waals surface area contributed by atoms with E-state index >= 15 is 0 Å². The van der Waals surface area contributed by atoms with E-state index in [1.807, 2.05) is 0 Å². The molecule has 1 N–H and O–H groups in total. The molecular formula is C30H18N2O. The van der Waals surface area contributed by atoms with Crippen molar-refractivity contribution in [2.75, 3.05) is 0 Å². The predicted octanol–water partition coefficient (Wildman–Crippen LogP) is 8.32. The van der Waals surface area contributed by atoms with Gasteiger partial charge in [0.25, 0.3) is 0 Å².